The fraction of sp³-hybridized carbons (Fsp3) is 0.0652. The first-order valence-electron chi connectivity index (χ1n) is 16.8. The highest BCUT2D eigenvalue weighted by Crippen LogP contribution is 2.54. The Morgan fingerprint density at radius 3 is 1.69 bits per heavy atom. The van der Waals surface area contributed by atoms with Gasteiger partial charge in [0.1, 0.15) is 0 Å². The standard InChI is InChI=1S/C46H33N3/c1-46(2)40-22-12-21-38(44(40)39-27-32-15-6-7-16-33(32)28-41(39)46)35-18-9-11-20-37(35)43-29-42(48-45(49-43)31-13-4-3-5-14-31)36-19-10-8-17-34(36)30-23-25-47-26-24-30/h3-29H,1-2H3. The molecule has 0 unspecified atom stereocenters. The molecule has 3 heteroatoms. The van der Waals surface area contributed by atoms with Crippen LogP contribution in [0, 0.1) is 0 Å². The lowest BCUT2D eigenvalue weighted by Gasteiger charge is -2.22. The minimum atomic E-state index is -0.126. The molecule has 8 aromatic rings. The molecule has 0 bridgehead atoms. The Bertz CT molecular complexity index is 2520. The van der Waals surface area contributed by atoms with E-state index in [9.17, 15) is 0 Å². The third-order valence-corrected chi connectivity index (χ3v) is 10.0. The topological polar surface area (TPSA) is 38.7 Å². The van der Waals surface area contributed by atoms with E-state index in [4.69, 9.17) is 9.97 Å². The minimum absolute atomic E-state index is 0.126. The summed E-state index contributed by atoms with van der Waals surface area (Å²) in [6.45, 7) is 4.70. The summed E-state index contributed by atoms with van der Waals surface area (Å²) >= 11 is 0. The second-order valence-electron chi connectivity index (χ2n) is 13.3. The van der Waals surface area contributed by atoms with Gasteiger partial charge in [-0.05, 0) is 85.6 Å². The van der Waals surface area contributed by atoms with Crippen molar-refractivity contribution in [2.45, 2.75) is 19.3 Å². The largest absolute Gasteiger partial charge is 0.265 e. The van der Waals surface area contributed by atoms with Crippen LogP contribution < -0.4 is 0 Å². The number of hydrogen-bond acceptors (Lipinski definition) is 3. The Morgan fingerprint density at radius 1 is 0.408 bits per heavy atom. The third kappa shape index (κ3) is 4.86. The monoisotopic (exact) mass is 627 g/mol. The van der Waals surface area contributed by atoms with E-state index in [-0.39, 0.29) is 5.41 Å². The van der Waals surface area contributed by atoms with Crippen LogP contribution in [0.1, 0.15) is 25.0 Å². The molecule has 2 heterocycles. The van der Waals surface area contributed by atoms with Gasteiger partial charge in [0.05, 0.1) is 11.4 Å². The molecule has 49 heavy (non-hydrogen) atoms. The summed E-state index contributed by atoms with van der Waals surface area (Å²) in [7, 11) is 0. The van der Waals surface area contributed by atoms with Crippen LogP contribution >= 0.6 is 0 Å². The Kier molecular flexibility index (Phi) is 6.80. The molecule has 0 aliphatic heterocycles. The van der Waals surface area contributed by atoms with Crippen LogP contribution in [0.2, 0.25) is 0 Å². The molecule has 9 rings (SSSR count). The van der Waals surface area contributed by atoms with Gasteiger partial charge in [-0.25, -0.2) is 9.97 Å². The van der Waals surface area contributed by atoms with Crippen molar-refractivity contribution in [3.8, 4) is 67.3 Å². The van der Waals surface area contributed by atoms with Gasteiger partial charge in [-0.1, -0.05) is 135 Å². The van der Waals surface area contributed by atoms with Gasteiger partial charge in [0.15, 0.2) is 5.82 Å². The van der Waals surface area contributed by atoms with Gasteiger partial charge in [-0.2, -0.15) is 0 Å². The molecule has 0 amide bonds. The first-order chi connectivity index (χ1) is 24.1. The van der Waals surface area contributed by atoms with Gasteiger partial charge in [0.2, 0.25) is 0 Å². The molecular weight excluding hydrogens is 595 g/mol. The lowest BCUT2D eigenvalue weighted by atomic mass is 9.81. The van der Waals surface area contributed by atoms with Crippen LogP contribution in [0.3, 0.4) is 0 Å². The van der Waals surface area contributed by atoms with Gasteiger partial charge in [0, 0.05) is 34.5 Å². The van der Waals surface area contributed by atoms with E-state index < -0.39 is 0 Å². The lowest BCUT2D eigenvalue weighted by molar-refractivity contribution is 0.661. The van der Waals surface area contributed by atoms with Crippen LogP contribution in [0.15, 0.2) is 164 Å². The molecule has 6 aromatic carbocycles. The van der Waals surface area contributed by atoms with E-state index in [1.54, 1.807) is 0 Å². The maximum absolute atomic E-state index is 5.27. The molecule has 0 N–H and O–H groups in total. The van der Waals surface area contributed by atoms with E-state index >= 15 is 0 Å². The van der Waals surface area contributed by atoms with Crippen LogP contribution in [-0.4, -0.2) is 15.0 Å². The quantitative estimate of drug-likeness (QED) is 0.191. The van der Waals surface area contributed by atoms with Crippen molar-refractivity contribution in [1.82, 2.24) is 15.0 Å². The summed E-state index contributed by atoms with van der Waals surface area (Å²) in [4.78, 5) is 14.7. The molecule has 2 aromatic heterocycles. The van der Waals surface area contributed by atoms with Gasteiger partial charge in [0.25, 0.3) is 0 Å². The third-order valence-electron chi connectivity index (χ3n) is 10.0. The Balaban J connectivity index is 1.28. The maximum atomic E-state index is 5.27. The predicted molar refractivity (Wildman–Crippen MR) is 202 cm³/mol. The average Bonchev–Trinajstić information content (AvgIpc) is 3.39. The zero-order valence-corrected chi connectivity index (χ0v) is 27.4. The molecule has 1 aliphatic carbocycles. The molecular formula is C46H33N3. The highest BCUT2D eigenvalue weighted by atomic mass is 14.9. The summed E-state index contributed by atoms with van der Waals surface area (Å²) < 4.78 is 0. The summed E-state index contributed by atoms with van der Waals surface area (Å²) in [5.74, 6) is 0.698. The van der Waals surface area contributed by atoms with Crippen LogP contribution in [0.4, 0.5) is 0 Å². The maximum Gasteiger partial charge on any atom is 0.160 e. The zero-order chi connectivity index (χ0) is 33.0. The Morgan fingerprint density at radius 2 is 0.980 bits per heavy atom. The van der Waals surface area contributed by atoms with Crippen molar-refractivity contribution in [2.24, 2.45) is 0 Å². The summed E-state index contributed by atoms with van der Waals surface area (Å²) in [5, 5.41) is 2.53. The Hall–Kier alpha value is -6.19. The van der Waals surface area contributed by atoms with Crippen molar-refractivity contribution in [2.75, 3.05) is 0 Å². The number of pyridine rings is 1. The molecule has 0 spiro atoms. The second-order valence-corrected chi connectivity index (χ2v) is 13.3. The molecule has 0 fully saturated rings. The van der Waals surface area contributed by atoms with Gasteiger partial charge >= 0.3 is 0 Å². The number of hydrogen-bond donors (Lipinski definition) is 0. The van der Waals surface area contributed by atoms with Gasteiger partial charge in [-0.15, -0.1) is 0 Å². The molecule has 1 aliphatic rings. The van der Waals surface area contributed by atoms with E-state index in [1.807, 2.05) is 42.7 Å². The highest BCUT2D eigenvalue weighted by Gasteiger charge is 2.37. The average molecular weight is 628 g/mol. The van der Waals surface area contributed by atoms with Crippen molar-refractivity contribution in [3.63, 3.8) is 0 Å². The number of fused-ring (bicyclic) bond motifs is 4. The fourth-order valence-electron chi connectivity index (χ4n) is 7.57. The molecule has 0 atom stereocenters. The van der Waals surface area contributed by atoms with Crippen LogP contribution in [-0.2, 0) is 5.41 Å². The van der Waals surface area contributed by atoms with E-state index in [0.29, 0.717) is 5.82 Å². The normalized spacial score (nSPS) is 12.9. The first-order valence-corrected chi connectivity index (χ1v) is 16.8. The Labute approximate surface area is 286 Å². The molecule has 0 saturated heterocycles. The van der Waals surface area contributed by atoms with E-state index in [2.05, 4.69) is 140 Å². The second kappa shape index (κ2) is 11.5. The number of benzene rings is 6. The number of rotatable bonds is 5. The molecule has 0 saturated carbocycles. The van der Waals surface area contributed by atoms with Crippen LogP contribution in [0.25, 0.3) is 78.1 Å². The summed E-state index contributed by atoms with van der Waals surface area (Å²) in [6, 6.07) is 53.9. The lowest BCUT2D eigenvalue weighted by Crippen LogP contribution is -2.14. The molecule has 3 nitrogen and oxygen atoms in total. The number of nitrogens with zero attached hydrogens (tertiary/aromatic N) is 3. The first kappa shape index (κ1) is 29.0. The highest BCUT2D eigenvalue weighted by molar-refractivity contribution is 6.01. The number of aromatic nitrogens is 3. The van der Waals surface area contributed by atoms with E-state index in [0.717, 1.165) is 44.8 Å². The fourth-order valence-corrected chi connectivity index (χ4v) is 7.57. The minimum Gasteiger partial charge on any atom is -0.265 e. The summed E-state index contributed by atoms with van der Waals surface area (Å²) in [6.07, 6.45) is 3.67. The van der Waals surface area contributed by atoms with Crippen molar-refractivity contribution in [1.29, 1.82) is 0 Å². The van der Waals surface area contributed by atoms with Crippen LogP contribution in [0.5, 0.6) is 0 Å². The zero-order valence-electron chi connectivity index (χ0n) is 27.4. The van der Waals surface area contributed by atoms with Crippen molar-refractivity contribution >= 4 is 10.8 Å². The van der Waals surface area contributed by atoms with Gasteiger partial charge in [-0.3, -0.25) is 4.98 Å². The molecule has 232 valence electrons. The van der Waals surface area contributed by atoms with Crippen molar-refractivity contribution < 1.29 is 0 Å². The predicted octanol–water partition coefficient (Wildman–Crippen LogP) is 11.7. The smallest absolute Gasteiger partial charge is 0.160 e. The SMILES string of the molecule is CC1(C)c2cc3ccccc3cc2-c2c(-c3ccccc3-c3cc(-c4ccccc4-c4ccncc4)nc(-c4ccccc4)n3)cccc21. The van der Waals surface area contributed by atoms with Gasteiger partial charge < -0.3 is 0 Å². The van der Waals surface area contributed by atoms with Crippen molar-refractivity contribution in [3.05, 3.63) is 175 Å². The van der Waals surface area contributed by atoms with E-state index in [1.165, 1.54) is 38.6 Å². The molecule has 0 radical (unpaired) electrons. The summed E-state index contributed by atoms with van der Waals surface area (Å²) in [5.41, 5.74) is 14.7.